The van der Waals surface area contributed by atoms with Gasteiger partial charge in [-0.3, -0.25) is 14.9 Å². The van der Waals surface area contributed by atoms with E-state index in [-0.39, 0.29) is 23.0 Å². The highest BCUT2D eigenvalue weighted by Gasteiger charge is 2.26. The average Bonchev–Trinajstić information content (AvgIpc) is 2.48. The van der Waals surface area contributed by atoms with Gasteiger partial charge in [0.15, 0.2) is 0 Å². The van der Waals surface area contributed by atoms with Crippen LogP contribution in [0.1, 0.15) is 36.0 Å². The highest BCUT2D eigenvalue weighted by atomic mass is 16.6. The van der Waals surface area contributed by atoms with Gasteiger partial charge in [-0.15, -0.1) is 0 Å². The Balaban J connectivity index is 2.20. The molecule has 2 N–H and O–H groups in total. The summed E-state index contributed by atoms with van der Waals surface area (Å²) >= 11 is 0. The van der Waals surface area contributed by atoms with Crippen LogP contribution in [0.5, 0.6) is 5.75 Å². The van der Waals surface area contributed by atoms with Crippen molar-refractivity contribution in [3.05, 3.63) is 33.9 Å². The van der Waals surface area contributed by atoms with Crippen LogP contribution in [0.25, 0.3) is 0 Å². The average molecular weight is 294 g/mol. The highest BCUT2D eigenvalue weighted by Crippen LogP contribution is 2.25. The summed E-state index contributed by atoms with van der Waals surface area (Å²) in [4.78, 5) is 22.5. The number of methoxy groups -OCH3 is 1. The molecular formula is C14H18N2O5. The van der Waals surface area contributed by atoms with Gasteiger partial charge in [-0.05, 0) is 18.9 Å². The van der Waals surface area contributed by atoms with E-state index in [2.05, 4.69) is 5.32 Å². The molecule has 0 unspecified atom stereocenters. The molecule has 1 aromatic rings. The minimum atomic E-state index is -0.576. The van der Waals surface area contributed by atoms with Gasteiger partial charge in [-0.25, -0.2) is 0 Å². The molecule has 7 nitrogen and oxygen atoms in total. The van der Waals surface area contributed by atoms with Gasteiger partial charge in [0, 0.05) is 12.1 Å². The van der Waals surface area contributed by atoms with Crippen molar-refractivity contribution >= 4 is 11.6 Å². The molecule has 0 bridgehead atoms. The summed E-state index contributed by atoms with van der Waals surface area (Å²) < 4.78 is 5.07. The van der Waals surface area contributed by atoms with Crippen molar-refractivity contribution in [2.24, 2.45) is 0 Å². The van der Waals surface area contributed by atoms with Crippen LogP contribution in [-0.2, 0) is 0 Å². The Bertz CT molecular complexity index is 546. The van der Waals surface area contributed by atoms with E-state index in [0.29, 0.717) is 12.8 Å². The number of hydrogen-bond donors (Lipinski definition) is 2. The molecule has 1 saturated carbocycles. The zero-order valence-corrected chi connectivity index (χ0v) is 11.7. The van der Waals surface area contributed by atoms with Crippen LogP contribution in [-0.4, -0.2) is 35.2 Å². The van der Waals surface area contributed by atoms with Crippen molar-refractivity contribution in [3.8, 4) is 5.75 Å². The second kappa shape index (κ2) is 6.53. The van der Waals surface area contributed by atoms with E-state index < -0.39 is 16.9 Å². The number of nitro benzene ring substituents is 1. The first-order chi connectivity index (χ1) is 10.0. The minimum Gasteiger partial charge on any atom is -0.496 e. The number of carbonyl (C=O) groups is 1. The molecule has 0 aromatic heterocycles. The first kappa shape index (κ1) is 15.2. The maximum absolute atomic E-state index is 12.3. The number of aliphatic hydroxyl groups excluding tert-OH is 1. The normalized spacial score (nSPS) is 21.6. The van der Waals surface area contributed by atoms with Crippen molar-refractivity contribution in [1.29, 1.82) is 0 Å². The Labute approximate surface area is 122 Å². The van der Waals surface area contributed by atoms with E-state index in [0.717, 1.165) is 12.8 Å². The molecule has 0 heterocycles. The molecule has 0 aliphatic heterocycles. The monoisotopic (exact) mass is 294 g/mol. The number of aliphatic hydroxyl groups is 1. The molecule has 1 fully saturated rings. The molecule has 0 spiro atoms. The molecule has 0 saturated heterocycles. The van der Waals surface area contributed by atoms with E-state index in [9.17, 15) is 20.0 Å². The lowest BCUT2D eigenvalue weighted by Gasteiger charge is -2.28. The topological polar surface area (TPSA) is 102 Å². The van der Waals surface area contributed by atoms with Gasteiger partial charge in [0.1, 0.15) is 5.75 Å². The highest BCUT2D eigenvalue weighted by molar-refractivity contribution is 5.97. The Morgan fingerprint density at radius 2 is 2.14 bits per heavy atom. The van der Waals surface area contributed by atoms with E-state index in [4.69, 9.17) is 4.74 Å². The lowest BCUT2D eigenvalue weighted by molar-refractivity contribution is -0.384. The molecule has 114 valence electrons. The van der Waals surface area contributed by atoms with Gasteiger partial charge in [-0.1, -0.05) is 12.8 Å². The maximum atomic E-state index is 12.3. The summed E-state index contributed by atoms with van der Waals surface area (Å²) in [6.45, 7) is 0. The quantitative estimate of drug-likeness (QED) is 0.649. The van der Waals surface area contributed by atoms with Crippen LogP contribution in [0.15, 0.2) is 18.2 Å². The number of hydrogen-bond acceptors (Lipinski definition) is 5. The van der Waals surface area contributed by atoms with Crippen molar-refractivity contribution in [3.63, 3.8) is 0 Å². The second-order valence-electron chi connectivity index (χ2n) is 5.07. The van der Waals surface area contributed by atoms with Crippen LogP contribution in [0.3, 0.4) is 0 Å². The third-order valence-corrected chi connectivity index (χ3v) is 3.68. The molecule has 1 amide bonds. The fraction of sp³-hybridized carbons (Fsp3) is 0.500. The van der Waals surface area contributed by atoms with Gasteiger partial charge < -0.3 is 15.2 Å². The molecule has 1 aliphatic carbocycles. The standard InChI is InChI=1S/C14H18N2O5/c1-21-13-7-6-9(16(19)20)8-10(13)14(18)15-11-4-2-3-5-12(11)17/h6-8,11-12,17H,2-5H2,1H3,(H,15,18)/t11-,12-/m1/s1. The molecule has 0 radical (unpaired) electrons. The van der Waals surface area contributed by atoms with Crippen molar-refractivity contribution in [2.75, 3.05) is 7.11 Å². The summed E-state index contributed by atoms with van der Waals surface area (Å²) in [6.07, 6.45) is 2.65. The largest absolute Gasteiger partial charge is 0.496 e. The molecular weight excluding hydrogens is 276 g/mol. The number of benzene rings is 1. The predicted octanol–water partition coefficient (Wildman–Crippen LogP) is 1.64. The van der Waals surface area contributed by atoms with Gasteiger partial charge in [0.2, 0.25) is 0 Å². The second-order valence-corrected chi connectivity index (χ2v) is 5.07. The van der Waals surface area contributed by atoms with Gasteiger partial charge in [0.05, 0.1) is 29.7 Å². The smallest absolute Gasteiger partial charge is 0.270 e. The van der Waals surface area contributed by atoms with Crippen molar-refractivity contribution in [1.82, 2.24) is 5.32 Å². The third-order valence-electron chi connectivity index (χ3n) is 3.68. The van der Waals surface area contributed by atoms with Crippen LogP contribution in [0.4, 0.5) is 5.69 Å². The predicted molar refractivity (Wildman–Crippen MR) is 75.4 cm³/mol. The number of amides is 1. The lowest BCUT2D eigenvalue weighted by Crippen LogP contribution is -2.45. The minimum absolute atomic E-state index is 0.101. The van der Waals surface area contributed by atoms with Gasteiger partial charge in [-0.2, -0.15) is 0 Å². The Morgan fingerprint density at radius 1 is 1.43 bits per heavy atom. The first-order valence-corrected chi connectivity index (χ1v) is 6.84. The lowest BCUT2D eigenvalue weighted by atomic mass is 9.92. The molecule has 1 aromatic carbocycles. The molecule has 7 heteroatoms. The van der Waals surface area contributed by atoms with Crippen LogP contribution in [0, 0.1) is 10.1 Å². The van der Waals surface area contributed by atoms with E-state index >= 15 is 0 Å². The number of nitrogens with one attached hydrogen (secondary N) is 1. The Kier molecular flexibility index (Phi) is 4.74. The number of rotatable bonds is 4. The third kappa shape index (κ3) is 3.49. The summed E-state index contributed by atoms with van der Waals surface area (Å²) in [6, 6.07) is 3.54. The maximum Gasteiger partial charge on any atom is 0.270 e. The fourth-order valence-corrected chi connectivity index (χ4v) is 2.51. The van der Waals surface area contributed by atoms with Crippen LogP contribution >= 0.6 is 0 Å². The zero-order chi connectivity index (χ0) is 15.4. The Morgan fingerprint density at radius 3 is 2.76 bits per heavy atom. The number of non-ortho nitro benzene ring substituents is 1. The summed E-state index contributed by atoms with van der Waals surface area (Å²) in [5.74, 6) is -0.204. The fourth-order valence-electron chi connectivity index (χ4n) is 2.51. The SMILES string of the molecule is COc1ccc([N+](=O)[O-])cc1C(=O)N[C@@H]1CCCC[C@H]1O. The first-order valence-electron chi connectivity index (χ1n) is 6.84. The number of nitrogens with zero attached hydrogens (tertiary/aromatic N) is 1. The number of ether oxygens (including phenoxy) is 1. The molecule has 2 atom stereocenters. The van der Waals surface area contributed by atoms with Crippen LogP contribution in [0.2, 0.25) is 0 Å². The summed E-state index contributed by atoms with van der Waals surface area (Å²) in [7, 11) is 1.40. The number of carbonyl (C=O) groups excluding carboxylic acids is 1. The van der Waals surface area contributed by atoms with Crippen molar-refractivity contribution < 1.29 is 19.6 Å². The van der Waals surface area contributed by atoms with E-state index in [1.807, 2.05) is 0 Å². The van der Waals surface area contributed by atoms with Crippen molar-refractivity contribution in [2.45, 2.75) is 37.8 Å². The van der Waals surface area contributed by atoms with Crippen LogP contribution < -0.4 is 10.1 Å². The van der Waals surface area contributed by atoms with E-state index in [1.54, 1.807) is 0 Å². The van der Waals surface area contributed by atoms with Gasteiger partial charge >= 0.3 is 0 Å². The zero-order valence-electron chi connectivity index (χ0n) is 11.7. The van der Waals surface area contributed by atoms with E-state index in [1.165, 1.54) is 25.3 Å². The summed E-state index contributed by atoms with van der Waals surface area (Å²) in [5.41, 5.74) is -0.0744. The number of nitro groups is 1. The molecule has 21 heavy (non-hydrogen) atoms. The van der Waals surface area contributed by atoms with Gasteiger partial charge in [0.25, 0.3) is 11.6 Å². The molecule has 2 rings (SSSR count). The molecule has 1 aliphatic rings. The Hall–Kier alpha value is -2.15. The summed E-state index contributed by atoms with van der Waals surface area (Å²) in [5, 5.41) is 23.4.